The van der Waals surface area contributed by atoms with E-state index < -0.39 is 0 Å². The Kier molecular flexibility index (Phi) is 8.02. The minimum atomic E-state index is -0.105. The fourth-order valence-electron chi connectivity index (χ4n) is 5.70. The van der Waals surface area contributed by atoms with Crippen molar-refractivity contribution in [3.63, 3.8) is 0 Å². The molecule has 1 aromatic carbocycles. The molecular weight excluding hydrogens is 319 g/mol. The van der Waals surface area contributed by atoms with Gasteiger partial charge in [-0.05, 0) is 54.2 Å². The van der Waals surface area contributed by atoms with Crippen molar-refractivity contribution in [2.45, 2.75) is 96.8 Å². The average Bonchev–Trinajstić information content (AvgIpc) is 2.69. The zero-order valence-corrected chi connectivity index (χ0v) is 16.9. The number of rotatable bonds is 8. The number of hydrogen-bond donors (Lipinski definition) is 0. The van der Waals surface area contributed by atoms with Gasteiger partial charge in [-0.15, -0.1) is 0 Å². The number of benzene rings is 1. The van der Waals surface area contributed by atoms with Crippen molar-refractivity contribution in [2.24, 2.45) is 23.7 Å². The van der Waals surface area contributed by atoms with Crippen molar-refractivity contribution in [3.8, 4) is 0 Å². The lowest BCUT2D eigenvalue weighted by molar-refractivity contribution is 0.197. The molecule has 0 radical (unpaired) electrons. The van der Waals surface area contributed by atoms with Crippen LogP contribution in [0, 0.1) is 29.5 Å². The van der Waals surface area contributed by atoms with Crippen LogP contribution in [-0.2, 0) is 6.42 Å². The van der Waals surface area contributed by atoms with E-state index in [2.05, 4.69) is 6.92 Å². The van der Waals surface area contributed by atoms with Crippen LogP contribution in [0.1, 0.15) is 96.0 Å². The van der Waals surface area contributed by atoms with Gasteiger partial charge in [-0.3, -0.25) is 0 Å². The second-order valence-electron chi connectivity index (χ2n) is 9.24. The minimum absolute atomic E-state index is 0.105. The van der Waals surface area contributed by atoms with Crippen LogP contribution < -0.4 is 0 Å². The van der Waals surface area contributed by atoms with Crippen LogP contribution in [0.4, 0.5) is 4.39 Å². The van der Waals surface area contributed by atoms with Crippen LogP contribution in [0.15, 0.2) is 24.3 Å². The maximum atomic E-state index is 13.3. The molecule has 1 unspecified atom stereocenters. The summed E-state index contributed by atoms with van der Waals surface area (Å²) in [5.41, 5.74) is 1.34. The molecule has 0 spiro atoms. The first-order valence-electron chi connectivity index (χ1n) is 11.5. The maximum absolute atomic E-state index is 13.3. The molecule has 1 heteroatoms. The van der Waals surface area contributed by atoms with Crippen LogP contribution >= 0.6 is 0 Å². The van der Waals surface area contributed by atoms with Crippen LogP contribution in [0.25, 0.3) is 0 Å². The summed E-state index contributed by atoms with van der Waals surface area (Å²) < 4.78 is 13.3. The van der Waals surface area contributed by atoms with E-state index in [0.717, 1.165) is 30.1 Å². The van der Waals surface area contributed by atoms with Gasteiger partial charge in [0.15, 0.2) is 0 Å². The number of halogens is 1. The third-order valence-corrected chi connectivity index (χ3v) is 7.34. The monoisotopic (exact) mass is 358 g/mol. The molecule has 0 N–H and O–H groups in total. The summed E-state index contributed by atoms with van der Waals surface area (Å²) in [6.45, 7) is 2.33. The Hall–Kier alpha value is -0.850. The van der Waals surface area contributed by atoms with Gasteiger partial charge in [0.1, 0.15) is 5.82 Å². The molecule has 0 aliphatic heterocycles. The van der Waals surface area contributed by atoms with Crippen molar-refractivity contribution in [1.82, 2.24) is 0 Å². The predicted molar refractivity (Wildman–Crippen MR) is 110 cm³/mol. The quantitative estimate of drug-likeness (QED) is 0.442. The molecule has 0 amide bonds. The molecule has 2 aliphatic carbocycles. The van der Waals surface area contributed by atoms with E-state index in [4.69, 9.17) is 0 Å². The lowest BCUT2D eigenvalue weighted by atomic mass is 9.72. The third kappa shape index (κ3) is 6.10. The van der Waals surface area contributed by atoms with E-state index in [-0.39, 0.29) is 5.82 Å². The summed E-state index contributed by atoms with van der Waals surface area (Å²) >= 11 is 0. The Labute approximate surface area is 161 Å². The van der Waals surface area contributed by atoms with E-state index >= 15 is 0 Å². The topological polar surface area (TPSA) is 0 Å². The van der Waals surface area contributed by atoms with Gasteiger partial charge < -0.3 is 0 Å². The van der Waals surface area contributed by atoms with Crippen molar-refractivity contribution in [2.75, 3.05) is 0 Å². The standard InChI is InChI=1S/C25H39F/c1-2-6-20-9-11-21(12-10-20)13-16-24(23-7-4-3-5-8-23)19-22-14-17-25(26)18-15-22/h14-15,17-18,20-21,23-24H,2-13,16,19H2,1H3. The second kappa shape index (κ2) is 10.5. The molecule has 2 aliphatic rings. The lowest BCUT2D eigenvalue weighted by Crippen LogP contribution is -2.22. The Morgan fingerprint density at radius 1 is 0.846 bits per heavy atom. The smallest absolute Gasteiger partial charge is 0.123 e. The molecule has 2 saturated carbocycles. The Bertz CT molecular complexity index is 491. The Morgan fingerprint density at radius 2 is 1.46 bits per heavy atom. The Morgan fingerprint density at radius 3 is 2.08 bits per heavy atom. The predicted octanol–water partition coefficient (Wildman–Crippen LogP) is 7.95. The molecule has 1 aromatic rings. The van der Waals surface area contributed by atoms with Gasteiger partial charge in [-0.2, -0.15) is 0 Å². The van der Waals surface area contributed by atoms with Crippen molar-refractivity contribution in [1.29, 1.82) is 0 Å². The van der Waals surface area contributed by atoms with Crippen LogP contribution in [-0.4, -0.2) is 0 Å². The molecule has 0 nitrogen and oxygen atoms in total. The molecule has 0 saturated heterocycles. The average molecular weight is 359 g/mol. The molecular formula is C25H39F. The molecule has 2 fully saturated rings. The van der Waals surface area contributed by atoms with Gasteiger partial charge in [0.25, 0.3) is 0 Å². The van der Waals surface area contributed by atoms with Crippen LogP contribution in [0.2, 0.25) is 0 Å². The van der Waals surface area contributed by atoms with Crippen LogP contribution in [0.3, 0.4) is 0 Å². The van der Waals surface area contributed by atoms with E-state index in [1.165, 1.54) is 89.0 Å². The fraction of sp³-hybridized carbons (Fsp3) is 0.760. The molecule has 146 valence electrons. The summed E-state index contributed by atoms with van der Waals surface area (Å²) in [6.07, 6.45) is 19.8. The second-order valence-corrected chi connectivity index (χ2v) is 9.24. The zero-order chi connectivity index (χ0) is 18.2. The van der Waals surface area contributed by atoms with Gasteiger partial charge in [0.2, 0.25) is 0 Å². The van der Waals surface area contributed by atoms with Gasteiger partial charge in [0.05, 0.1) is 0 Å². The van der Waals surface area contributed by atoms with Crippen molar-refractivity contribution >= 4 is 0 Å². The summed E-state index contributed by atoms with van der Waals surface area (Å²) in [5.74, 6) is 3.61. The Balaban J connectivity index is 1.52. The molecule has 3 rings (SSSR count). The third-order valence-electron chi connectivity index (χ3n) is 7.34. The molecule has 0 bridgehead atoms. The van der Waals surface area contributed by atoms with Gasteiger partial charge >= 0.3 is 0 Å². The summed E-state index contributed by atoms with van der Waals surface area (Å²) in [7, 11) is 0. The molecule has 0 heterocycles. The molecule has 1 atom stereocenters. The maximum Gasteiger partial charge on any atom is 0.123 e. The van der Waals surface area contributed by atoms with Crippen molar-refractivity contribution in [3.05, 3.63) is 35.6 Å². The van der Waals surface area contributed by atoms with E-state index in [9.17, 15) is 4.39 Å². The van der Waals surface area contributed by atoms with Crippen molar-refractivity contribution < 1.29 is 4.39 Å². The van der Waals surface area contributed by atoms with Gasteiger partial charge in [0, 0.05) is 0 Å². The SMILES string of the molecule is CCCC1CCC(CCC(Cc2ccc(F)cc2)C2CCCCC2)CC1. The highest BCUT2D eigenvalue weighted by Gasteiger charge is 2.26. The van der Waals surface area contributed by atoms with E-state index in [1.807, 2.05) is 12.1 Å². The highest BCUT2D eigenvalue weighted by atomic mass is 19.1. The first-order valence-corrected chi connectivity index (χ1v) is 11.5. The normalized spacial score (nSPS) is 25.9. The fourth-order valence-corrected chi connectivity index (χ4v) is 5.70. The van der Waals surface area contributed by atoms with Gasteiger partial charge in [-0.1, -0.05) is 96.1 Å². The highest BCUT2D eigenvalue weighted by molar-refractivity contribution is 5.16. The highest BCUT2D eigenvalue weighted by Crippen LogP contribution is 2.38. The van der Waals surface area contributed by atoms with Gasteiger partial charge in [-0.25, -0.2) is 4.39 Å². The zero-order valence-electron chi connectivity index (χ0n) is 16.9. The molecule has 0 aromatic heterocycles. The largest absolute Gasteiger partial charge is 0.207 e. The molecule has 26 heavy (non-hydrogen) atoms. The first kappa shape index (κ1) is 19.9. The van der Waals surface area contributed by atoms with Crippen LogP contribution in [0.5, 0.6) is 0 Å². The first-order chi connectivity index (χ1) is 12.7. The lowest BCUT2D eigenvalue weighted by Gasteiger charge is -2.33. The summed E-state index contributed by atoms with van der Waals surface area (Å²) in [5, 5.41) is 0. The minimum Gasteiger partial charge on any atom is -0.207 e. The summed E-state index contributed by atoms with van der Waals surface area (Å²) in [6, 6.07) is 7.31. The summed E-state index contributed by atoms with van der Waals surface area (Å²) in [4.78, 5) is 0. The van der Waals surface area contributed by atoms with E-state index in [0.29, 0.717) is 0 Å². The van der Waals surface area contributed by atoms with E-state index in [1.54, 1.807) is 12.1 Å². The number of hydrogen-bond acceptors (Lipinski definition) is 0.